The van der Waals surface area contributed by atoms with Gasteiger partial charge in [-0.25, -0.2) is 22.5 Å². The van der Waals surface area contributed by atoms with Gasteiger partial charge < -0.3 is 15.4 Å². The van der Waals surface area contributed by atoms with E-state index in [1.54, 1.807) is 22.8 Å². The number of fused-ring (bicyclic) bond motifs is 3. The number of carboxylic acids is 1. The molecule has 156 valence electrons. The van der Waals surface area contributed by atoms with Gasteiger partial charge >= 0.3 is 5.97 Å². The Morgan fingerprint density at radius 2 is 2.17 bits per heavy atom. The van der Waals surface area contributed by atoms with Crippen LogP contribution in [0.3, 0.4) is 0 Å². The molecule has 1 aliphatic carbocycles. The van der Waals surface area contributed by atoms with Crippen LogP contribution in [-0.4, -0.2) is 52.7 Å². The molecule has 4 rings (SSSR count). The van der Waals surface area contributed by atoms with Gasteiger partial charge in [-0.05, 0) is 30.2 Å². The highest BCUT2D eigenvalue weighted by Crippen LogP contribution is 2.39. The Balaban J connectivity index is 1.93. The fourth-order valence-electron chi connectivity index (χ4n) is 4.04. The van der Waals surface area contributed by atoms with Crippen molar-refractivity contribution in [1.82, 2.24) is 13.9 Å². The van der Waals surface area contributed by atoms with E-state index in [0.717, 1.165) is 33.5 Å². The second-order valence-corrected chi connectivity index (χ2v) is 10.6. The van der Waals surface area contributed by atoms with Crippen LogP contribution in [0.25, 0.3) is 10.9 Å². The van der Waals surface area contributed by atoms with Crippen molar-refractivity contribution in [3.63, 3.8) is 0 Å². The summed E-state index contributed by atoms with van der Waals surface area (Å²) in [6, 6.07) is 7.27. The summed E-state index contributed by atoms with van der Waals surface area (Å²) in [5.74, 6) is -1.17. The van der Waals surface area contributed by atoms with Crippen molar-refractivity contribution in [1.29, 1.82) is 5.26 Å². The average molecular weight is 446 g/mol. The van der Waals surface area contributed by atoms with E-state index in [1.807, 2.05) is 0 Å². The molecule has 0 fully saturated rings. The minimum atomic E-state index is -3.51. The number of hydrogen-bond acceptors (Lipinski definition) is 7. The number of aromatic nitrogens is 2. The zero-order valence-electron chi connectivity index (χ0n) is 16.2. The van der Waals surface area contributed by atoms with E-state index < -0.39 is 27.4 Å². The molecule has 11 heteroatoms. The van der Waals surface area contributed by atoms with Crippen molar-refractivity contribution in [2.45, 2.75) is 24.3 Å². The molecule has 1 aromatic carbocycles. The summed E-state index contributed by atoms with van der Waals surface area (Å²) in [5.41, 5.74) is 10.6. The molecule has 2 aromatic heterocycles. The topological polar surface area (TPSA) is 142 Å². The fourth-order valence-corrected chi connectivity index (χ4v) is 6.15. The van der Waals surface area contributed by atoms with Gasteiger partial charge in [-0.3, -0.25) is 0 Å². The molecule has 3 aromatic rings. The third-order valence-corrected chi connectivity index (χ3v) is 8.57. The number of hydrogen-bond donors (Lipinski definition) is 2. The summed E-state index contributed by atoms with van der Waals surface area (Å²) in [4.78, 5) is 15.8. The molecule has 0 bridgehead atoms. The normalized spacial score (nSPS) is 17.2. The largest absolute Gasteiger partial charge is 0.476 e. The molecule has 0 saturated heterocycles. The van der Waals surface area contributed by atoms with Gasteiger partial charge in [-0.15, -0.1) is 11.3 Å². The molecular weight excluding hydrogens is 426 g/mol. The summed E-state index contributed by atoms with van der Waals surface area (Å²) in [5, 5.41) is 18.9. The lowest BCUT2D eigenvalue weighted by molar-refractivity contribution is 0.0689. The number of nitrogens with two attached hydrogens (primary N) is 1. The first-order chi connectivity index (χ1) is 14.2. The summed E-state index contributed by atoms with van der Waals surface area (Å²) >= 11 is 1.14. The molecule has 2 heterocycles. The molecule has 0 aliphatic heterocycles. The first-order valence-electron chi connectivity index (χ1n) is 9.06. The Labute approximate surface area is 177 Å². The number of nitriles is 1. The van der Waals surface area contributed by atoms with Gasteiger partial charge in [-0.2, -0.15) is 5.26 Å². The van der Waals surface area contributed by atoms with Crippen molar-refractivity contribution in [3.8, 4) is 6.07 Å². The van der Waals surface area contributed by atoms with Crippen LogP contribution in [0, 0.1) is 11.3 Å². The number of carboxylic acid groups (broad SMARTS) is 1. The lowest BCUT2D eigenvalue weighted by Crippen LogP contribution is -2.34. The van der Waals surface area contributed by atoms with Crippen molar-refractivity contribution < 1.29 is 18.3 Å². The number of carbonyl (C=O) groups is 1. The van der Waals surface area contributed by atoms with Crippen molar-refractivity contribution in [3.05, 3.63) is 51.1 Å². The third-order valence-electron chi connectivity index (χ3n) is 5.48. The van der Waals surface area contributed by atoms with Crippen LogP contribution < -0.4 is 5.73 Å². The van der Waals surface area contributed by atoms with E-state index in [2.05, 4.69) is 11.1 Å². The van der Waals surface area contributed by atoms with Crippen molar-refractivity contribution in [2.75, 3.05) is 14.1 Å². The highest BCUT2D eigenvalue weighted by molar-refractivity contribution is 7.89. The predicted molar refractivity (Wildman–Crippen MR) is 112 cm³/mol. The van der Waals surface area contributed by atoms with Crippen LogP contribution in [0.15, 0.2) is 23.7 Å². The Hall–Kier alpha value is -2.78. The quantitative estimate of drug-likeness (QED) is 0.606. The van der Waals surface area contributed by atoms with E-state index in [4.69, 9.17) is 5.73 Å². The van der Waals surface area contributed by atoms with Gasteiger partial charge in [-0.1, -0.05) is 0 Å². The minimum absolute atomic E-state index is 0.118. The van der Waals surface area contributed by atoms with Gasteiger partial charge in [0.15, 0.2) is 5.69 Å². The molecule has 1 unspecified atom stereocenters. The smallest absolute Gasteiger partial charge is 0.355 e. The third kappa shape index (κ3) is 3.00. The lowest BCUT2D eigenvalue weighted by Gasteiger charge is -2.20. The van der Waals surface area contributed by atoms with E-state index >= 15 is 0 Å². The number of sulfonamides is 1. The monoisotopic (exact) mass is 445 g/mol. The molecule has 0 amide bonds. The molecule has 0 spiro atoms. The second-order valence-electron chi connectivity index (χ2n) is 7.31. The molecule has 3 N–H and O–H groups in total. The van der Waals surface area contributed by atoms with Crippen LogP contribution >= 0.6 is 11.3 Å². The molecular formula is C19H19N5O4S2. The molecule has 9 nitrogen and oxygen atoms in total. The summed E-state index contributed by atoms with van der Waals surface area (Å²) in [6.07, 6.45) is -0.292. The Kier molecular flexibility index (Phi) is 4.90. The number of rotatable bonds is 5. The fraction of sp³-hybridized carbons (Fsp3) is 0.316. The van der Waals surface area contributed by atoms with Crippen LogP contribution in [-0.2, 0) is 22.9 Å². The van der Waals surface area contributed by atoms with E-state index in [9.17, 15) is 23.6 Å². The van der Waals surface area contributed by atoms with Crippen LogP contribution in [0.2, 0.25) is 0 Å². The average Bonchev–Trinajstić information content (AvgIpc) is 3.41. The Morgan fingerprint density at radius 1 is 1.43 bits per heavy atom. The Morgan fingerprint density at radius 3 is 2.80 bits per heavy atom. The van der Waals surface area contributed by atoms with E-state index in [1.165, 1.54) is 23.9 Å². The van der Waals surface area contributed by atoms with Gasteiger partial charge in [0.25, 0.3) is 0 Å². The second kappa shape index (κ2) is 7.17. The maximum atomic E-state index is 12.8. The Bertz CT molecular complexity index is 1320. The lowest BCUT2D eigenvalue weighted by atomic mass is 10.1. The predicted octanol–water partition coefficient (Wildman–Crippen LogP) is 1.53. The van der Waals surface area contributed by atoms with Crippen molar-refractivity contribution >= 4 is 38.2 Å². The molecule has 30 heavy (non-hydrogen) atoms. The summed E-state index contributed by atoms with van der Waals surface area (Å²) in [7, 11) is -0.505. The van der Waals surface area contributed by atoms with Gasteiger partial charge in [0.1, 0.15) is 6.17 Å². The number of nitrogens with zero attached hydrogens (tertiary/aromatic N) is 4. The first kappa shape index (κ1) is 20.5. The number of aromatic carboxylic acids is 1. The van der Waals surface area contributed by atoms with Crippen molar-refractivity contribution in [2.24, 2.45) is 5.73 Å². The minimum Gasteiger partial charge on any atom is -0.476 e. The molecule has 2 atom stereocenters. The van der Waals surface area contributed by atoms with Gasteiger partial charge in [0, 0.05) is 31.6 Å². The van der Waals surface area contributed by atoms with Crippen LogP contribution in [0.5, 0.6) is 0 Å². The highest BCUT2D eigenvalue weighted by Gasteiger charge is 2.39. The zero-order valence-corrected chi connectivity index (χ0v) is 17.9. The van der Waals surface area contributed by atoms with Gasteiger partial charge in [0.05, 0.1) is 32.8 Å². The maximum Gasteiger partial charge on any atom is 0.355 e. The summed E-state index contributed by atoms with van der Waals surface area (Å²) in [6.45, 7) is 0. The van der Waals surface area contributed by atoms with Gasteiger partial charge in [0.2, 0.25) is 10.0 Å². The zero-order chi connectivity index (χ0) is 21.8. The molecule has 1 aliphatic rings. The number of thiazole rings is 1. The van der Waals surface area contributed by atoms with Crippen LogP contribution in [0.1, 0.15) is 38.4 Å². The molecule has 0 radical (unpaired) electrons. The SMILES string of the molecule is CN(C)S(=O)(=O)C1Cc2c(n([C@@H](N)c3scnc3C(=O)O)c3ccc(C#N)cc23)C1. The van der Waals surface area contributed by atoms with E-state index in [-0.39, 0.29) is 12.1 Å². The van der Waals surface area contributed by atoms with E-state index in [0.29, 0.717) is 16.9 Å². The summed E-state index contributed by atoms with van der Waals surface area (Å²) < 4.78 is 28.5. The van der Waals surface area contributed by atoms with Crippen LogP contribution in [0.4, 0.5) is 0 Å². The number of benzene rings is 1. The standard InChI is InChI=1S/C19H19N5O4S2/c1-23(2)30(27,28)11-6-13-12-5-10(8-20)3-4-14(12)24(15(13)7-11)18(21)17-16(19(25)26)22-9-29-17/h3-5,9,11,18H,6-7,21H2,1-2H3,(H,25,26)/t11?,18-/m1/s1. The first-order valence-corrected chi connectivity index (χ1v) is 11.4. The molecule has 0 saturated carbocycles. The highest BCUT2D eigenvalue weighted by atomic mass is 32.2. The maximum absolute atomic E-state index is 12.8.